The molecule has 1 aromatic carbocycles. The van der Waals surface area contributed by atoms with Crippen molar-refractivity contribution >= 4 is 16.0 Å². The topological polar surface area (TPSA) is 94.0 Å². The molecule has 1 aliphatic heterocycles. The lowest BCUT2D eigenvalue weighted by Crippen LogP contribution is -2.45. The third kappa shape index (κ3) is 6.17. The Bertz CT molecular complexity index is 783. The molecule has 3 N–H and O–H groups in total. The number of rotatable bonds is 6. The zero-order chi connectivity index (χ0) is 20.7. The van der Waals surface area contributed by atoms with Gasteiger partial charge in [-0.25, -0.2) is 13.4 Å². The van der Waals surface area contributed by atoms with Crippen LogP contribution in [0.3, 0.4) is 0 Å². The molecule has 0 bridgehead atoms. The van der Waals surface area contributed by atoms with E-state index in [1.54, 1.807) is 22.5 Å². The molecule has 1 aromatic rings. The fourth-order valence-electron chi connectivity index (χ4n) is 3.96. The number of aliphatic hydroxyl groups is 1. The molecule has 0 amide bonds. The largest absolute Gasteiger partial charge is 0.393 e. The van der Waals surface area contributed by atoms with Crippen molar-refractivity contribution in [1.82, 2.24) is 14.9 Å². The second-order valence-corrected chi connectivity index (χ2v) is 9.90. The van der Waals surface area contributed by atoms with Crippen LogP contribution in [0, 0.1) is 0 Å². The van der Waals surface area contributed by atoms with Gasteiger partial charge >= 0.3 is 0 Å². The molecule has 162 valence electrons. The van der Waals surface area contributed by atoms with Crippen molar-refractivity contribution in [2.75, 3.05) is 19.6 Å². The fourth-order valence-corrected chi connectivity index (χ4v) is 5.55. The summed E-state index contributed by atoms with van der Waals surface area (Å²) >= 11 is 0. The van der Waals surface area contributed by atoms with E-state index in [-0.39, 0.29) is 6.10 Å². The van der Waals surface area contributed by atoms with Crippen molar-refractivity contribution in [3.63, 3.8) is 0 Å². The van der Waals surface area contributed by atoms with Crippen LogP contribution in [-0.2, 0) is 16.6 Å². The van der Waals surface area contributed by atoms with Gasteiger partial charge in [-0.2, -0.15) is 4.31 Å². The van der Waals surface area contributed by atoms with Gasteiger partial charge in [0.2, 0.25) is 10.0 Å². The zero-order valence-corrected chi connectivity index (χ0v) is 18.1. The maximum absolute atomic E-state index is 12.9. The molecule has 0 radical (unpaired) electrons. The summed E-state index contributed by atoms with van der Waals surface area (Å²) in [7, 11) is -3.43. The minimum absolute atomic E-state index is 0.183. The molecule has 0 aromatic heterocycles. The summed E-state index contributed by atoms with van der Waals surface area (Å²) in [5.41, 5.74) is 0.874. The quantitative estimate of drug-likeness (QED) is 0.483. The number of guanidine groups is 1. The normalized spacial score (nSPS) is 24.3. The highest BCUT2D eigenvalue weighted by Gasteiger charge is 2.26. The van der Waals surface area contributed by atoms with Crippen LogP contribution in [0.5, 0.6) is 0 Å². The lowest BCUT2D eigenvalue weighted by atomic mass is 9.93. The molecule has 2 aliphatic rings. The van der Waals surface area contributed by atoms with Gasteiger partial charge in [-0.3, -0.25) is 0 Å². The predicted octanol–water partition coefficient (Wildman–Crippen LogP) is 2.22. The van der Waals surface area contributed by atoms with Gasteiger partial charge in [0.05, 0.1) is 17.5 Å². The van der Waals surface area contributed by atoms with Crippen molar-refractivity contribution in [3.8, 4) is 0 Å². The monoisotopic (exact) mass is 422 g/mol. The molecule has 1 saturated carbocycles. The average Bonchev–Trinajstić information content (AvgIpc) is 2.74. The Morgan fingerprint density at radius 3 is 2.59 bits per heavy atom. The van der Waals surface area contributed by atoms with Crippen LogP contribution in [0.15, 0.2) is 34.2 Å². The predicted molar refractivity (Wildman–Crippen MR) is 115 cm³/mol. The van der Waals surface area contributed by atoms with Gasteiger partial charge < -0.3 is 15.7 Å². The van der Waals surface area contributed by atoms with Gasteiger partial charge in [0.1, 0.15) is 0 Å². The SMILES string of the molecule is CCNC(=NCc1cccc(S(=O)(=O)N2CCCCC2)c1)NC1CCC(O)CC1. The van der Waals surface area contributed by atoms with E-state index in [1.165, 1.54) is 0 Å². The van der Waals surface area contributed by atoms with Crippen molar-refractivity contribution in [1.29, 1.82) is 0 Å². The van der Waals surface area contributed by atoms with Gasteiger partial charge in [0.25, 0.3) is 0 Å². The number of aliphatic hydroxyl groups excluding tert-OH is 1. The number of piperidine rings is 1. The Morgan fingerprint density at radius 1 is 1.17 bits per heavy atom. The summed E-state index contributed by atoms with van der Waals surface area (Å²) in [5.74, 6) is 0.734. The number of aliphatic imine (C=N–C) groups is 1. The highest BCUT2D eigenvalue weighted by atomic mass is 32.2. The van der Waals surface area contributed by atoms with Crippen molar-refractivity contribution in [2.24, 2.45) is 4.99 Å². The van der Waals surface area contributed by atoms with E-state index in [0.29, 0.717) is 30.6 Å². The first-order valence-electron chi connectivity index (χ1n) is 10.8. The Hall–Kier alpha value is -1.64. The van der Waals surface area contributed by atoms with E-state index in [1.807, 2.05) is 13.0 Å². The highest BCUT2D eigenvalue weighted by Crippen LogP contribution is 2.22. The summed E-state index contributed by atoms with van der Waals surface area (Å²) < 4.78 is 27.4. The first-order valence-corrected chi connectivity index (χ1v) is 12.2. The number of nitrogens with zero attached hydrogens (tertiary/aromatic N) is 2. The van der Waals surface area contributed by atoms with Gasteiger partial charge in [-0.05, 0) is 63.1 Å². The molecule has 3 rings (SSSR count). The first-order chi connectivity index (χ1) is 14.0. The molecular weight excluding hydrogens is 388 g/mol. The van der Waals surface area contributed by atoms with E-state index in [0.717, 1.165) is 63.0 Å². The molecule has 0 spiro atoms. The van der Waals surface area contributed by atoms with Crippen LogP contribution in [0.1, 0.15) is 57.4 Å². The second kappa shape index (κ2) is 10.4. The van der Waals surface area contributed by atoms with Gasteiger partial charge in [0.15, 0.2) is 5.96 Å². The number of hydrogen-bond acceptors (Lipinski definition) is 4. The maximum Gasteiger partial charge on any atom is 0.243 e. The minimum Gasteiger partial charge on any atom is -0.393 e. The van der Waals surface area contributed by atoms with Crippen LogP contribution in [0.4, 0.5) is 0 Å². The molecule has 1 aliphatic carbocycles. The summed E-state index contributed by atoms with van der Waals surface area (Å²) in [6, 6.07) is 7.44. The van der Waals surface area contributed by atoms with Crippen LogP contribution in [0.2, 0.25) is 0 Å². The van der Waals surface area contributed by atoms with E-state index >= 15 is 0 Å². The summed E-state index contributed by atoms with van der Waals surface area (Å²) in [5, 5.41) is 16.4. The second-order valence-electron chi connectivity index (χ2n) is 7.96. The molecule has 8 heteroatoms. The van der Waals surface area contributed by atoms with Gasteiger partial charge in [-0.15, -0.1) is 0 Å². The number of benzene rings is 1. The molecule has 29 heavy (non-hydrogen) atoms. The lowest BCUT2D eigenvalue weighted by molar-refractivity contribution is 0.120. The molecular formula is C21H34N4O3S. The third-order valence-corrected chi connectivity index (χ3v) is 7.55. The Balaban J connectivity index is 1.67. The van der Waals surface area contributed by atoms with Crippen molar-refractivity contribution in [2.45, 2.75) is 75.5 Å². The van der Waals surface area contributed by atoms with Crippen LogP contribution < -0.4 is 10.6 Å². The summed E-state index contributed by atoms with van der Waals surface area (Å²) in [4.78, 5) is 5.01. The van der Waals surface area contributed by atoms with Crippen LogP contribution in [-0.4, -0.2) is 55.6 Å². The van der Waals surface area contributed by atoms with Gasteiger partial charge in [0, 0.05) is 25.7 Å². The fraction of sp³-hybridized carbons (Fsp3) is 0.667. The average molecular weight is 423 g/mol. The van der Waals surface area contributed by atoms with E-state index in [9.17, 15) is 13.5 Å². The number of hydrogen-bond donors (Lipinski definition) is 3. The first kappa shape index (κ1) is 22.1. The Kier molecular flexibility index (Phi) is 7.91. The number of nitrogens with one attached hydrogen (secondary N) is 2. The summed E-state index contributed by atoms with van der Waals surface area (Å²) in [6.45, 7) is 4.40. The Morgan fingerprint density at radius 2 is 1.90 bits per heavy atom. The molecule has 0 unspecified atom stereocenters. The molecule has 2 fully saturated rings. The zero-order valence-electron chi connectivity index (χ0n) is 17.3. The maximum atomic E-state index is 12.9. The lowest BCUT2D eigenvalue weighted by Gasteiger charge is -2.27. The third-order valence-electron chi connectivity index (χ3n) is 5.65. The van der Waals surface area contributed by atoms with Crippen molar-refractivity contribution < 1.29 is 13.5 Å². The smallest absolute Gasteiger partial charge is 0.243 e. The van der Waals surface area contributed by atoms with E-state index in [2.05, 4.69) is 15.6 Å². The summed E-state index contributed by atoms with van der Waals surface area (Å²) in [6.07, 6.45) is 6.25. The standard InChI is InChI=1S/C21H34N4O3S/c1-2-22-21(24-18-9-11-19(26)12-10-18)23-16-17-7-6-8-20(15-17)29(27,28)25-13-4-3-5-14-25/h6-8,15,18-19,26H,2-5,9-14,16H2,1H3,(H2,22,23,24). The molecule has 1 saturated heterocycles. The molecule has 0 atom stereocenters. The van der Waals surface area contributed by atoms with Gasteiger partial charge in [-0.1, -0.05) is 18.6 Å². The minimum atomic E-state index is -3.43. The van der Waals surface area contributed by atoms with Crippen LogP contribution >= 0.6 is 0 Å². The molecule has 7 nitrogen and oxygen atoms in total. The highest BCUT2D eigenvalue weighted by molar-refractivity contribution is 7.89. The van der Waals surface area contributed by atoms with E-state index < -0.39 is 10.0 Å². The number of sulfonamides is 1. The Labute approximate surface area is 174 Å². The molecule has 1 heterocycles. The van der Waals surface area contributed by atoms with Crippen LogP contribution in [0.25, 0.3) is 0 Å². The van der Waals surface area contributed by atoms with E-state index in [4.69, 9.17) is 0 Å². The van der Waals surface area contributed by atoms with Crippen molar-refractivity contribution in [3.05, 3.63) is 29.8 Å².